The van der Waals surface area contributed by atoms with Crippen molar-refractivity contribution in [2.75, 3.05) is 45.8 Å². The Morgan fingerprint density at radius 2 is 1.43 bits per heavy atom. The molecule has 1 aliphatic heterocycles. The van der Waals surface area contributed by atoms with Gasteiger partial charge in [0, 0.05) is 38.0 Å². The minimum atomic E-state index is -1.56. The maximum absolute atomic E-state index is 14.4. The third kappa shape index (κ3) is 23.1. The first-order valence-corrected chi connectivity index (χ1v) is 26.0. The normalized spacial score (nSPS) is 16.1. The first kappa shape index (κ1) is 65.5. The van der Waals surface area contributed by atoms with Gasteiger partial charge < -0.3 is 87.1 Å². The molecular weight excluding hydrogens is 987 g/mol. The molecule has 26 nitrogen and oxygen atoms in total. The average Bonchev–Trinajstić information content (AvgIpc) is 3.88. The zero-order chi connectivity index (χ0) is 56.9. The summed E-state index contributed by atoms with van der Waals surface area (Å²) in [6.07, 6.45) is 3.40. The lowest BCUT2D eigenvalue weighted by Gasteiger charge is -2.30. The van der Waals surface area contributed by atoms with Crippen LogP contribution in [-0.2, 0) is 49.6 Å². The number of aliphatic hydroxyl groups is 1. The number of guanidine groups is 1. The number of nitrogens with one attached hydrogen (secondary N) is 6. The molecule has 0 aliphatic carbocycles. The fourth-order valence-corrected chi connectivity index (χ4v) is 8.40. The van der Waals surface area contributed by atoms with Gasteiger partial charge in [-0.1, -0.05) is 36.3 Å². The molecule has 1 aromatic rings. The summed E-state index contributed by atoms with van der Waals surface area (Å²) in [5, 5.41) is 35.7. The molecule has 426 valence electrons. The van der Waals surface area contributed by atoms with Crippen molar-refractivity contribution in [2.45, 2.75) is 159 Å². The summed E-state index contributed by atoms with van der Waals surface area (Å²) >= 11 is 0. The number of amides is 7. The second-order valence-corrected chi connectivity index (χ2v) is 19.0. The fourth-order valence-electron chi connectivity index (χ4n) is 8.40. The minimum absolute atomic E-state index is 0.0103. The van der Waals surface area contributed by atoms with Crippen molar-refractivity contribution >= 4 is 59.1 Å². The number of Topliss-reactive ketones (excluding diaryl/α,β-unsaturated/α-hetero) is 1. The molecule has 1 heterocycles. The Morgan fingerprint density at radius 1 is 0.776 bits per heavy atom. The molecule has 1 aliphatic rings. The number of ketones is 1. The van der Waals surface area contributed by atoms with E-state index in [-0.39, 0.29) is 82.5 Å². The van der Waals surface area contributed by atoms with E-state index in [0.29, 0.717) is 51.6 Å². The van der Waals surface area contributed by atoms with Crippen molar-refractivity contribution in [3.63, 3.8) is 0 Å². The number of hydrogen-bond acceptors (Lipinski definition) is 16. The molecule has 0 radical (unpaired) electrons. The highest BCUT2D eigenvalue weighted by atomic mass is 16.4. The Bertz CT molecular complexity index is 2170. The zero-order valence-electron chi connectivity index (χ0n) is 44.3. The molecular formula is C50H85N15O11. The van der Waals surface area contributed by atoms with Crippen LogP contribution in [0.3, 0.4) is 0 Å². The van der Waals surface area contributed by atoms with Gasteiger partial charge >= 0.3 is 5.97 Å². The highest BCUT2D eigenvalue weighted by Gasteiger charge is 2.39. The fraction of sp³-hybridized carbons (Fsp3) is 0.640. The monoisotopic (exact) mass is 1070 g/mol. The number of hydrogen-bond donors (Lipinski definition) is 15. The number of aliphatic carboxylic acids is 1. The van der Waals surface area contributed by atoms with Gasteiger partial charge in [-0.25, -0.2) is 4.79 Å². The van der Waals surface area contributed by atoms with Crippen LogP contribution in [0.2, 0.25) is 0 Å². The number of carbonyl (C=O) groups is 9. The van der Waals surface area contributed by atoms with Crippen LogP contribution in [-0.4, -0.2) is 168 Å². The van der Waals surface area contributed by atoms with E-state index >= 15 is 0 Å². The molecule has 0 unspecified atom stereocenters. The van der Waals surface area contributed by atoms with Crippen molar-refractivity contribution in [1.29, 1.82) is 0 Å². The SMILES string of the molecule is Cc1ccc(C[C@H](NC(=O)[C@@H]2CCCN2C(=O)[C@@H](CCCN)NC(=O)CNC(=O)[C@H](C)NC(=O)[C@@H](NC(=O)[C@@H](N)CCCCN)[C@@H](O)CN)C(=O)N[C@@H](CCCCN)C(=O)CC/C(=C\CCN=C(N)N)C(=O)O)c(C)c1. The second kappa shape index (κ2) is 34.9. The van der Waals surface area contributed by atoms with Crippen molar-refractivity contribution in [3.05, 3.63) is 46.5 Å². The number of carboxylic acids is 1. The Hall–Kier alpha value is -6.58. The Labute approximate surface area is 444 Å². The lowest BCUT2D eigenvalue weighted by molar-refractivity contribution is -0.142. The number of aliphatic imine (C=N–C) groups is 1. The van der Waals surface area contributed by atoms with E-state index in [9.17, 15) is 53.4 Å². The van der Waals surface area contributed by atoms with Crippen LogP contribution >= 0.6 is 0 Å². The Morgan fingerprint density at radius 3 is 2.05 bits per heavy atom. The molecule has 1 fully saturated rings. The van der Waals surface area contributed by atoms with E-state index in [4.69, 9.17) is 40.1 Å². The first-order chi connectivity index (χ1) is 36.1. The predicted octanol–water partition coefficient (Wildman–Crippen LogP) is -3.94. The van der Waals surface area contributed by atoms with Gasteiger partial charge in [0.25, 0.3) is 0 Å². The van der Waals surface area contributed by atoms with E-state index in [1.807, 2.05) is 32.0 Å². The number of unbranched alkanes of at least 4 members (excludes halogenated alkanes) is 2. The van der Waals surface area contributed by atoms with E-state index in [0.717, 1.165) is 16.7 Å². The van der Waals surface area contributed by atoms with E-state index in [2.05, 4.69) is 36.9 Å². The van der Waals surface area contributed by atoms with E-state index < -0.39 is 115 Å². The molecule has 7 amide bonds. The lowest BCUT2D eigenvalue weighted by Crippen LogP contribution is -2.60. The quantitative estimate of drug-likeness (QED) is 0.0132. The number of aryl methyl sites for hydroxylation is 2. The third-order valence-electron chi connectivity index (χ3n) is 12.8. The number of likely N-dealkylation sites (tertiary alicyclic amines) is 1. The van der Waals surface area contributed by atoms with Gasteiger partial charge in [-0.15, -0.1) is 0 Å². The Kier molecular flexibility index (Phi) is 30.1. The van der Waals surface area contributed by atoms with Crippen molar-refractivity contribution < 1.29 is 53.4 Å². The van der Waals surface area contributed by atoms with Gasteiger partial charge in [-0.2, -0.15) is 0 Å². The molecule has 76 heavy (non-hydrogen) atoms. The Balaban J connectivity index is 2.27. The summed E-state index contributed by atoms with van der Waals surface area (Å²) in [7, 11) is 0. The second-order valence-electron chi connectivity index (χ2n) is 19.0. The van der Waals surface area contributed by atoms with Gasteiger partial charge in [0.2, 0.25) is 41.4 Å². The molecule has 0 saturated carbocycles. The van der Waals surface area contributed by atoms with Crippen LogP contribution in [0.25, 0.3) is 0 Å². The highest BCUT2D eigenvalue weighted by Crippen LogP contribution is 2.21. The third-order valence-corrected chi connectivity index (χ3v) is 12.8. The smallest absolute Gasteiger partial charge is 0.331 e. The number of nitrogens with zero attached hydrogens (tertiary/aromatic N) is 2. The van der Waals surface area contributed by atoms with Crippen LogP contribution in [0.4, 0.5) is 0 Å². The number of rotatable bonds is 36. The van der Waals surface area contributed by atoms with E-state index in [1.54, 1.807) is 0 Å². The largest absolute Gasteiger partial charge is 0.478 e. The minimum Gasteiger partial charge on any atom is -0.478 e. The molecule has 1 aromatic carbocycles. The molecule has 0 aromatic heterocycles. The summed E-state index contributed by atoms with van der Waals surface area (Å²) < 4.78 is 0. The van der Waals surface area contributed by atoms with Crippen molar-refractivity contribution in [3.8, 4) is 0 Å². The molecule has 2 rings (SSSR count). The molecule has 0 spiro atoms. The van der Waals surface area contributed by atoms with Crippen molar-refractivity contribution in [2.24, 2.45) is 45.1 Å². The molecule has 0 bridgehead atoms. The summed E-state index contributed by atoms with van der Waals surface area (Å²) in [5.74, 6) is -7.00. The maximum atomic E-state index is 14.4. The van der Waals surface area contributed by atoms with E-state index in [1.165, 1.54) is 17.9 Å². The first-order valence-electron chi connectivity index (χ1n) is 26.0. The van der Waals surface area contributed by atoms with Gasteiger partial charge in [-0.3, -0.25) is 43.3 Å². The highest BCUT2D eigenvalue weighted by molar-refractivity contribution is 5.98. The number of carboxylic acid groups (broad SMARTS) is 1. The van der Waals surface area contributed by atoms with Crippen LogP contribution in [0.5, 0.6) is 0 Å². The van der Waals surface area contributed by atoms with Gasteiger partial charge in [0.1, 0.15) is 30.2 Å². The van der Waals surface area contributed by atoms with Gasteiger partial charge in [0.05, 0.1) is 24.7 Å². The lowest BCUT2D eigenvalue weighted by atomic mass is 9.96. The van der Waals surface area contributed by atoms with Crippen LogP contribution in [0.1, 0.15) is 107 Å². The summed E-state index contributed by atoms with van der Waals surface area (Å²) in [6.45, 7) is 5.19. The van der Waals surface area contributed by atoms with Crippen LogP contribution < -0.4 is 72.0 Å². The molecule has 8 atom stereocenters. The summed E-state index contributed by atoms with van der Waals surface area (Å²) in [4.78, 5) is 126. The zero-order valence-corrected chi connectivity index (χ0v) is 44.3. The molecule has 26 heteroatoms. The van der Waals surface area contributed by atoms with Crippen LogP contribution in [0.15, 0.2) is 34.8 Å². The number of benzene rings is 1. The van der Waals surface area contributed by atoms with Crippen molar-refractivity contribution in [1.82, 2.24) is 36.8 Å². The topological polar surface area (TPSA) is 464 Å². The van der Waals surface area contributed by atoms with Gasteiger partial charge in [-0.05, 0) is 122 Å². The average molecular weight is 1070 g/mol. The predicted molar refractivity (Wildman–Crippen MR) is 285 cm³/mol. The molecule has 22 N–H and O–H groups in total. The maximum Gasteiger partial charge on any atom is 0.331 e. The molecule has 1 saturated heterocycles. The number of aliphatic hydroxyl groups excluding tert-OH is 1. The number of nitrogens with two attached hydrogens (primary N) is 7. The van der Waals surface area contributed by atoms with Gasteiger partial charge in [0.15, 0.2) is 11.7 Å². The summed E-state index contributed by atoms with van der Waals surface area (Å²) in [6, 6.07) is -2.77. The number of carbonyl (C=O) groups excluding carboxylic acids is 8. The van der Waals surface area contributed by atoms with Crippen LogP contribution in [0, 0.1) is 13.8 Å². The standard InChI is InChI=1S/C50H85N15O11/c1-29-16-17-33(30(2)25-29)26-37(45(71)62-35(13-5-7-21-52)39(66)19-18-32(49(75)76)11-9-23-58-50(56)57)63-46(72)38-15-10-24-65(38)48(74)36(14-8-22-53)61-41(68)28-59-43(69)31(3)60-47(73)42(40(67)27-54)64-44(70)34(55)12-4-6-20-51/h11,16-17,25,31,34-38,40,42,67H,4-10,12-15,18-24,26-28,51-55H2,1-3H3,(H,59,69)(H,60,73)(H,61,68)(H,62,71)(H,63,72)(H,64,70)(H,75,76)(H4,56,57,58)/b32-11+/t31-,34-,35-,36+,37-,38-,40-,42-/m0/s1. The summed E-state index contributed by atoms with van der Waals surface area (Å²) in [5.41, 5.74) is 41.8.